The molecule has 0 spiro atoms. The topological polar surface area (TPSA) is 61.0 Å². The molecule has 4 nitrogen and oxygen atoms in total. The Morgan fingerprint density at radius 1 is 1.25 bits per heavy atom. The quantitative estimate of drug-likeness (QED) is 0.735. The third-order valence-corrected chi connectivity index (χ3v) is 4.60. The van der Waals surface area contributed by atoms with Crippen molar-refractivity contribution in [3.63, 3.8) is 0 Å². The lowest BCUT2D eigenvalue weighted by atomic mass is 10.0. The number of ether oxygens (including phenoxy) is 1. The molecule has 126 valence electrons. The van der Waals surface area contributed by atoms with Crippen LogP contribution < -0.4 is 10.5 Å². The van der Waals surface area contributed by atoms with E-state index in [9.17, 15) is 13.2 Å². The predicted octanol–water partition coefficient (Wildman–Crippen LogP) is 4.41. The second-order valence-electron chi connectivity index (χ2n) is 4.90. The summed E-state index contributed by atoms with van der Waals surface area (Å²) >= 11 is 7.45. The van der Waals surface area contributed by atoms with E-state index in [0.29, 0.717) is 33.9 Å². The van der Waals surface area contributed by atoms with Gasteiger partial charge in [-0.05, 0) is 30.7 Å². The van der Waals surface area contributed by atoms with Crippen LogP contribution in [0.2, 0.25) is 5.02 Å². The van der Waals surface area contributed by atoms with Crippen LogP contribution in [0.1, 0.15) is 5.56 Å². The van der Waals surface area contributed by atoms with Crippen LogP contribution in [0.25, 0.3) is 21.5 Å². The number of nitrogens with zero attached hydrogens (tertiary/aromatic N) is 2. The Labute approximate surface area is 144 Å². The zero-order valence-electron chi connectivity index (χ0n) is 12.1. The molecule has 24 heavy (non-hydrogen) atoms. The van der Waals surface area contributed by atoms with Gasteiger partial charge in [-0.1, -0.05) is 17.7 Å². The van der Waals surface area contributed by atoms with E-state index in [1.165, 1.54) is 23.7 Å². The lowest BCUT2D eigenvalue weighted by Gasteiger charge is -2.15. The maximum absolute atomic E-state index is 12.7. The highest BCUT2D eigenvalue weighted by molar-refractivity contribution is 7.17. The fourth-order valence-electron chi connectivity index (χ4n) is 2.34. The molecule has 0 aliphatic heterocycles. The van der Waals surface area contributed by atoms with E-state index in [2.05, 4.69) is 14.7 Å². The van der Waals surface area contributed by atoms with Crippen molar-refractivity contribution < 1.29 is 17.9 Å². The van der Waals surface area contributed by atoms with E-state index in [0.717, 1.165) is 5.56 Å². The SMILES string of the molecule is NCCc1ccc(OC(F)(F)F)c(-c2ncnc3scc(Cl)c23)c1. The number of nitrogens with two attached hydrogens (primary N) is 1. The summed E-state index contributed by atoms with van der Waals surface area (Å²) in [6.07, 6.45) is -3.00. The highest BCUT2D eigenvalue weighted by atomic mass is 35.5. The van der Waals surface area contributed by atoms with Crippen LogP contribution >= 0.6 is 22.9 Å². The number of thiophene rings is 1. The van der Waals surface area contributed by atoms with Crippen molar-refractivity contribution in [2.24, 2.45) is 5.73 Å². The molecule has 0 aliphatic rings. The van der Waals surface area contributed by atoms with Crippen molar-refractivity contribution in [3.8, 4) is 17.0 Å². The lowest BCUT2D eigenvalue weighted by molar-refractivity contribution is -0.274. The molecule has 3 aromatic rings. The number of alkyl halides is 3. The van der Waals surface area contributed by atoms with Gasteiger partial charge in [0.25, 0.3) is 0 Å². The van der Waals surface area contributed by atoms with Gasteiger partial charge < -0.3 is 10.5 Å². The van der Waals surface area contributed by atoms with Crippen molar-refractivity contribution in [3.05, 3.63) is 40.5 Å². The van der Waals surface area contributed by atoms with Crippen molar-refractivity contribution >= 4 is 33.2 Å². The van der Waals surface area contributed by atoms with Gasteiger partial charge in [-0.2, -0.15) is 0 Å². The maximum Gasteiger partial charge on any atom is 0.573 e. The first-order valence-electron chi connectivity index (χ1n) is 6.86. The summed E-state index contributed by atoms with van der Waals surface area (Å²) in [6.45, 7) is 0.372. The van der Waals surface area contributed by atoms with Crippen LogP contribution in [0.3, 0.4) is 0 Å². The third-order valence-electron chi connectivity index (χ3n) is 3.28. The average molecular weight is 374 g/mol. The third kappa shape index (κ3) is 3.45. The molecule has 0 unspecified atom stereocenters. The van der Waals surface area contributed by atoms with Gasteiger partial charge in [-0.25, -0.2) is 9.97 Å². The van der Waals surface area contributed by atoms with E-state index >= 15 is 0 Å². The molecule has 2 aromatic heterocycles. The highest BCUT2D eigenvalue weighted by Crippen LogP contribution is 2.40. The first-order valence-corrected chi connectivity index (χ1v) is 8.11. The second kappa shape index (κ2) is 6.54. The molecule has 0 aliphatic carbocycles. The van der Waals surface area contributed by atoms with Gasteiger partial charge in [-0.3, -0.25) is 0 Å². The van der Waals surface area contributed by atoms with Gasteiger partial charge in [0.2, 0.25) is 0 Å². The molecule has 1 aromatic carbocycles. The molecular formula is C15H11ClF3N3OS. The van der Waals surface area contributed by atoms with Crippen LogP contribution in [0.5, 0.6) is 5.75 Å². The minimum Gasteiger partial charge on any atom is -0.405 e. The van der Waals surface area contributed by atoms with Crippen molar-refractivity contribution in [2.45, 2.75) is 12.8 Å². The monoisotopic (exact) mass is 373 g/mol. The molecule has 0 fully saturated rings. The fourth-order valence-corrected chi connectivity index (χ4v) is 3.48. The molecule has 3 rings (SSSR count). The summed E-state index contributed by atoms with van der Waals surface area (Å²) in [5.74, 6) is -0.342. The average Bonchev–Trinajstić information content (AvgIpc) is 2.89. The summed E-state index contributed by atoms with van der Waals surface area (Å²) in [6, 6.07) is 4.40. The zero-order valence-corrected chi connectivity index (χ0v) is 13.7. The van der Waals surface area contributed by atoms with Crippen molar-refractivity contribution in [2.75, 3.05) is 6.54 Å². The van der Waals surface area contributed by atoms with Gasteiger partial charge in [0, 0.05) is 10.9 Å². The minimum absolute atomic E-state index is 0.200. The molecule has 0 radical (unpaired) electrons. The van der Waals surface area contributed by atoms with Gasteiger partial charge in [0.05, 0.1) is 16.1 Å². The number of aromatic nitrogens is 2. The van der Waals surface area contributed by atoms with Crippen LogP contribution in [-0.4, -0.2) is 22.9 Å². The molecular weight excluding hydrogens is 363 g/mol. The molecule has 0 atom stereocenters. The van der Waals surface area contributed by atoms with Gasteiger partial charge in [-0.15, -0.1) is 24.5 Å². The molecule has 9 heteroatoms. The standard InChI is InChI=1S/C15H11ClF3N3OS/c16-10-6-24-14-12(10)13(21-7-22-14)9-5-8(3-4-20)1-2-11(9)23-15(17,18)19/h1-2,5-7H,3-4,20H2. The molecule has 2 heterocycles. The summed E-state index contributed by atoms with van der Waals surface area (Å²) in [7, 11) is 0. The van der Waals surface area contributed by atoms with Gasteiger partial charge in [0.1, 0.15) is 16.9 Å². The summed E-state index contributed by atoms with van der Waals surface area (Å²) in [4.78, 5) is 8.82. The van der Waals surface area contributed by atoms with Crippen LogP contribution in [0, 0.1) is 0 Å². The van der Waals surface area contributed by atoms with Gasteiger partial charge >= 0.3 is 6.36 Å². The predicted molar refractivity (Wildman–Crippen MR) is 87.3 cm³/mol. The smallest absolute Gasteiger partial charge is 0.405 e. The van der Waals surface area contributed by atoms with E-state index in [-0.39, 0.29) is 11.3 Å². The number of halogens is 4. The molecule has 0 saturated heterocycles. The van der Waals surface area contributed by atoms with Crippen LogP contribution in [-0.2, 0) is 6.42 Å². The Morgan fingerprint density at radius 3 is 2.75 bits per heavy atom. The number of fused-ring (bicyclic) bond motifs is 1. The zero-order chi connectivity index (χ0) is 17.3. The minimum atomic E-state index is -4.81. The number of hydrogen-bond donors (Lipinski definition) is 1. The first kappa shape index (κ1) is 16.9. The first-order chi connectivity index (χ1) is 11.4. The normalized spacial score (nSPS) is 11.9. The van der Waals surface area contributed by atoms with Crippen molar-refractivity contribution in [1.82, 2.24) is 9.97 Å². The maximum atomic E-state index is 12.7. The summed E-state index contributed by atoms with van der Waals surface area (Å²) in [5, 5.41) is 2.55. The molecule has 2 N–H and O–H groups in total. The fraction of sp³-hybridized carbons (Fsp3) is 0.200. The number of rotatable bonds is 4. The van der Waals surface area contributed by atoms with Crippen LogP contribution in [0.15, 0.2) is 29.9 Å². The Bertz CT molecular complexity index is 882. The largest absolute Gasteiger partial charge is 0.573 e. The van der Waals surface area contributed by atoms with E-state index in [1.807, 2.05) is 0 Å². The Kier molecular flexibility index (Phi) is 4.62. The number of benzene rings is 1. The van der Waals surface area contributed by atoms with E-state index in [1.54, 1.807) is 17.5 Å². The Morgan fingerprint density at radius 2 is 2.04 bits per heavy atom. The molecule has 0 saturated carbocycles. The summed E-state index contributed by atoms with van der Waals surface area (Å²) < 4.78 is 42.3. The number of hydrogen-bond acceptors (Lipinski definition) is 5. The van der Waals surface area contributed by atoms with Crippen LogP contribution in [0.4, 0.5) is 13.2 Å². The van der Waals surface area contributed by atoms with E-state index < -0.39 is 6.36 Å². The Balaban J connectivity index is 2.22. The second-order valence-corrected chi connectivity index (χ2v) is 6.17. The van der Waals surface area contributed by atoms with Gasteiger partial charge in [0.15, 0.2) is 0 Å². The highest BCUT2D eigenvalue weighted by Gasteiger charge is 2.32. The Hall–Kier alpha value is -1.90. The van der Waals surface area contributed by atoms with E-state index in [4.69, 9.17) is 17.3 Å². The molecule has 0 amide bonds. The lowest BCUT2D eigenvalue weighted by Crippen LogP contribution is -2.18. The molecule has 0 bridgehead atoms. The van der Waals surface area contributed by atoms with Crippen molar-refractivity contribution in [1.29, 1.82) is 0 Å². The summed E-state index contributed by atoms with van der Waals surface area (Å²) in [5.41, 5.74) is 6.80.